The van der Waals surface area contributed by atoms with Gasteiger partial charge in [-0.05, 0) is 30.3 Å². The molecule has 6 nitrogen and oxygen atoms in total. The Balaban J connectivity index is 2.61. The molecular formula is C12H15N5OS. The number of aromatic nitrogens is 4. The number of hydrogen-bond acceptors (Lipinski definition) is 4. The van der Waals surface area contributed by atoms with Crippen molar-refractivity contribution in [2.75, 3.05) is 0 Å². The molecule has 2 aromatic rings. The number of primary amides is 1. The maximum absolute atomic E-state index is 11.7. The van der Waals surface area contributed by atoms with Gasteiger partial charge >= 0.3 is 0 Å². The molecule has 100 valence electrons. The first-order valence-corrected chi connectivity index (χ1v) is 6.29. The van der Waals surface area contributed by atoms with E-state index in [9.17, 15) is 4.79 Å². The number of carbonyl (C=O) groups excluding carboxylic acids is 1. The molecule has 0 spiro atoms. The lowest BCUT2D eigenvalue weighted by Crippen LogP contribution is -2.31. The van der Waals surface area contributed by atoms with E-state index in [1.807, 2.05) is 13.8 Å². The van der Waals surface area contributed by atoms with Crippen LogP contribution in [0.1, 0.15) is 19.9 Å². The summed E-state index contributed by atoms with van der Waals surface area (Å²) in [5.74, 6) is 0.176. The zero-order valence-corrected chi connectivity index (χ0v) is 11.5. The van der Waals surface area contributed by atoms with Gasteiger partial charge in [-0.2, -0.15) is 5.10 Å². The van der Waals surface area contributed by atoms with Crippen LogP contribution < -0.4 is 5.73 Å². The number of aromatic amines is 1. The van der Waals surface area contributed by atoms with Crippen molar-refractivity contribution in [3.63, 3.8) is 0 Å². The van der Waals surface area contributed by atoms with Crippen molar-refractivity contribution in [2.45, 2.75) is 19.9 Å². The van der Waals surface area contributed by atoms with Gasteiger partial charge in [0.05, 0.1) is 0 Å². The zero-order chi connectivity index (χ0) is 14.0. The number of carbonyl (C=O) groups is 1. The molecule has 0 aliphatic carbocycles. The van der Waals surface area contributed by atoms with Crippen LogP contribution in [0.5, 0.6) is 0 Å². The SMILES string of the molecule is CC(C)C(C(N)=O)n1c(-c2ccncc2)n[nH]c1=S. The number of nitrogens with one attached hydrogen (secondary N) is 1. The van der Waals surface area contributed by atoms with Crippen LogP contribution >= 0.6 is 12.2 Å². The van der Waals surface area contributed by atoms with Crippen molar-refractivity contribution in [3.8, 4) is 11.4 Å². The molecule has 0 saturated carbocycles. The predicted octanol–water partition coefficient (Wildman–Crippen LogP) is 1.69. The number of nitrogens with two attached hydrogens (primary N) is 1. The Morgan fingerprint density at radius 3 is 2.58 bits per heavy atom. The van der Waals surface area contributed by atoms with Gasteiger partial charge in [-0.25, -0.2) is 0 Å². The summed E-state index contributed by atoms with van der Waals surface area (Å²) in [5, 5.41) is 6.90. The fourth-order valence-electron chi connectivity index (χ4n) is 2.02. The molecule has 2 heterocycles. The Labute approximate surface area is 115 Å². The second-order valence-corrected chi connectivity index (χ2v) is 4.94. The van der Waals surface area contributed by atoms with Gasteiger partial charge in [-0.3, -0.25) is 19.4 Å². The topological polar surface area (TPSA) is 89.6 Å². The number of H-pyrrole nitrogens is 1. The number of nitrogens with zero attached hydrogens (tertiary/aromatic N) is 3. The minimum atomic E-state index is -0.533. The van der Waals surface area contributed by atoms with Crippen LogP contribution in [-0.4, -0.2) is 25.7 Å². The molecule has 19 heavy (non-hydrogen) atoms. The van der Waals surface area contributed by atoms with Crippen molar-refractivity contribution in [1.82, 2.24) is 19.7 Å². The molecule has 1 unspecified atom stereocenters. The van der Waals surface area contributed by atoms with E-state index < -0.39 is 11.9 Å². The normalized spacial score (nSPS) is 12.6. The highest BCUT2D eigenvalue weighted by atomic mass is 32.1. The maximum Gasteiger partial charge on any atom is 0.240 e. The van der Waals surface area contributed by atoms with Crippen LogP contribution in [0, 0.1) is 10.7 Å². The number of amides is 1. The lowest BCUT2D eigenvalue weighted by Gasteiger charge is -2.20. The van der Waals surface area contributed by atoms with Crippen molar-refractivity contribution in [3.05, 3.63) is 29.3 Å². The average molecular weight is 277 g/mol. The molecule has 0 aliphatic heterocycles. The standard InChI is InChI=1S/C12H15N5OS/c1-7(2)9(10(13)18)17-11(15-16-12(17)19)8-3-5-14-6-4-8/h3-7,9H,1-2H3,(H2,13,18)(H,16,19). The largest absolute Gasteiger partial charge is 0.368 e. The van der Waals surface area contributed by atoms with Crippen molar-refractivity contribution in [1.29, 1.82) is 0 Å². The molecule has 0 aliphatic rings. The molecule has 0 radical (unpaired) electrons. The van der Waals surface area contributed by atoms with E-state index in [4.69, 9.17) is 18.0 Å². The second kappa shape index (κ2) is 5.31. The van der Waals surface area contributed by atoms with Crippen LogP contribution in [0.3, 0.4) is 0 Å². The summed E-state index contributed by atoms with van der Waals surface area (Å²) in [7, 11) is 0. The fraction of sp³-hybridized carbons (Fsp3) is 0.333. The van der Waals surface area contributed by atoms with Crippen LogP contribution in [-0.2, 0) is 4.79 Å². The molecule has 3 N–H and O–H groups in total. The third-order valence-corrected chi connectivity index (χ3v) is 3.13. The molecule has 0 bridgehead atoms. The summed E-state index contributed by atoms with van der Waals surface area (Å²) in [6, 6.07) is 3.08. The van der Waals surface area contributed by atoms with E-state index in [0.717, 1.165) is 5.56 Å². The number of rotatable bonds is 4. The van der Waals surface area contributed by atoms with Crippen molar-refractivity contribution >= 4 is 18.1 Å². The minimum Gasteiger partial charge on any atom is -0.368 e. The van der Waals surface area contributed by atoms with Gasteiger partial charge in [-0.15, -0.1) is 0 Å². The summed E-state index contributed by atoms with van der Waals surface area (Å²) in [4.78, 5) is 15.6. The minimum absolute atomic E-state index is 0.0161. The summed E-state index contributed by atoms with van der Waals surface area (Å²) >= 11 is 5.21. The Morgan fingerprint density at radius 1 is 1.42 bits per heavy atom. The first-order valence-electron chi connectivity index (χ1n) is 5.89. The lowest BCUT2D eigenvalue weighted by molar-refractivity contribution is -0.122. The Kier molecular flexibility index (Phi) is 3.75. The van der Waals surface area contributed by atoms with E-state index in [1.54, 1.807) is 29.1 Å². The van der Waals surface area contributed by atoms with Crippen LogP contribution in [0.2, 0.25) is 0 Å². The first kappa shape index (κ1) is 13.4. The quantitative estimate of drug-likeness (QED) is 0.832. The Morgan fingerprint density at radius 2 is 2.05 bits per heavy atom. The third kappa shape index (κ3) is 2.55. The van der Waals surface area contributed by atoms with E-state index in [-0.39, 0.29) is 5.92 Å². The molecular weight excluding hydrogens is 262 g/mol. The van der Waals surface area contributed by atoms with Gasteiger partial charge in [-0.1, -0.05) is 13.8 Å². The molecule has 7 heteroatoms. The molecule has 2 rings (SSSR count). The predicted molar refractivity (Wildman–Crippen MR) is 73.7 cm³/mol. The molecule has 0 saturated heterocycles. The number of hydrogen-bond donors (Lipinski definition) is 2. The smallest absolute Gasteiger partial charge is 0.240 e. The summed E-state index contributed by atoms with van der Waals surface area (Å²) < 4.78 is 2.04. The van der Waals surface area contributed by atoms with E-state index in [0.29, 0.717) is 10.6 Å². The van der Waals surface area contributed by atoms with Gasteiger partial charge in [0.1, 0.15) is 6.04 Å². The van der Waals surface area contributed by atoms with Crippen LogP contribution in [0.15, 0.2) is 24.5 Å². The van der Waals surface area contributed by atoms with Gasteiger partial charge < -0.3 is 5.73 Å². The highest BCUT2D eigenvalue weighted by Crippen LogP contribution is 2.25. The van der Waals surface area contributed by atoms with Crippen LogP contribution in [0.4, 0.5) is 0 Å². The number of pyridine rings is 1. The summed E-state index contributed by atoms with van der Waals surface area (Å²) in [5.41, 5.74) is 6.31. The molecule has 1 atom stereocenters. The fourth-order valence-corrected chi connectivity index (χ4v) is 2.27. The maximum atomic E-state index is 11.7. The van der Waals surface area contributed by atoms with E-state index in [2.05, 4.69) is 15.2 Å². The van der Waals surface area contributed by atoms with Crippen molar-refractivity contribution < 1.29 is 4.79 Å². The molecule has 0 fully saturated rings. The average Bonchev–Trinajstić information content (AvgIpc) is 2.72. The molecule has 2 aromatic heterocycles. The monoisotopic (exact) mass is 277 g/mol. The molecule has 0 aromatic carbocycles. The second-order valence-electron chi connectivity index (χ2n) is 4.55. The van der Waals surface area contributed by atoms with Gasteiger partial charge in [0.15, 0.2) is 10.6 Å². The Hall–Kier alpha value is -2.02. The molecule has 1 amide bonds. The van der Waals surface area contributed by atoms with Gasteiger partial charge in [0, 0.05) is 18.0 Å². The third-order valence-electron chi connectivity index (χ3n) is 2.84. The first-order chi connectivity index (χ1) is 9.02. The highest BCUT2D eigenvalue weighted by Gasteiger charge is 2.26. The highest BCUT2D eigenvalue weighted by molar-refractivity contribution is 7.71. The Bertz CT molecular complexity index is 631. The summed E-state index contributed by atoms with van der Waals surface area (Å²) in [6.07, 6.45) is 3.32. The van der Waals surface area contributed by atoms with Crippen LogP contribution in [0.25, 0.3) is 11.4 Å². The van der Waals surface area contributed by atoms with Gasteiger partial charge in [0.2, 0.25) is 5.91 Å². The van der Waals surface area contributed by atoms with E-state index in [1.165, 1.54) is 0 Å². The van der Waals surface area contributed by atoms with E-state index >= 15 is 0 Å². The lowest BCUT2D eigenvalue weighted by atomic mass is 10.0. The summed E-state index contributed by atoms with van der Waals surface area (Å²) in [6.45, 7) is 3.83. The zero-order valence-electron chi connectivity index (χ0n) is 10.7. The van der Waals surface area contributed by atoms with Crippen molar-refractivity contribution in [2.24, 2.45) is 11.7 Å². The van der Waals surface area contributed by atoms with Gasteiger partial charge in [0.25, 0.3) is 0 Å².